The minimum absolute atomic E-state index is 0.138. The average molecular weight is 161 g/mol. The highest BCUT2D eigenvalue weighted by molar-refractivity contribution is 5.81. The van der Waals surface area contributed by atoms with Gasteiger partial charge in [0, 0.05) is 0 Å². The number of carbonyl (C=O) groups excluding carboxylic acids is 1. The molecule has 2 aromatic rings. The molecule has 3 nitrogen and oxygen atoms in total. The smallest absolute Gasteiger partial charge is 0.260 e. The van der Waals surface area contributed by atoms with E-state index in [9.17, 15) is 4.79 Å². The van der Waals surface area contributed by atoms with Gasteiger partial charge in [-0.3, -0.25) is 4.79 Å². The molecular weight excluding hydrogens is 154 g/mol. The van der Waals surface area contributed by atoms with Crippen LogP contribution in [0.5, 0.6) is 0 Å². The lowest BCUT2D eigenvalue weighted by atomic mass is 10.2. The third-order valence-electron chi connectivity index (χ3n) is 1.74. The number of hydrogen-bond donors (Lipinski definition) is 0. The first-order valence-electron chi connectivity index (χ1n) is 3.62. The number of fused-ring (bicyclic) bond motifs is 1. The van der Waals surface area contributed by atoms with Crippen molar-refractivity contribution in [2.75, 3.05) is 0 Å². The third-order valence-corrected chi connectivity index (χ3v) is 1.74. The summed E-state index contributed by atoms with van der Waals surface area (Å²) in [5, 5.41) is 0. The second-order valence-electron chi connectivity index (χ2n) is 2.59. The number of benzene rings is 1. The van der Waals surface area contributed by atoms with E-state index in [0.717, 1.165) is 11.1 Å². The topological polar surface area (TPSA) is 43.1 Å². The largest absolute Gasteiger partial charge is 0.434 e. The van der Waals surface area contributed by atoms with Gasteiger partial charge < -0.3 is 4.42 Å². The van der Waals surface area contributed by atoms with Crippen LogP contribution >= 0.6 is 0 Å². The molecule has 0 atom stereocenters. The Hall–Kier alpha value is -1.64. The van der Waals surface area contributed by atoms with Gasteiger partial charge in [-0.15, -0.1) is 0 Å². The highest BCUT2D eigenvalue weighted by Gasteiger charge is 2.04. The van der Waals surface area contributed by atoms with Gasteiger partial charge in [0.1, 0.15) is 5.52 Å². The monoisotopic (exact) mass is 161 g/mol. The summed E-state index contributed by atoms with van der Waals surface area (Å²) in [7, 11) is 0. The van der Waals surface area contributed by atoms with Crippen molar-refractivity contribution >= 4 is 17.4 Å². The van der Waals surface area contributed by atoms with Crippen LogP contribution in [0.2, 0.25) is 0 Å². The van der Waals surface area contributed by atoms with Gasteiger partial charge in [0.2, 0.25) is 6.29 Å². The maximum Gasteiger partial charge on any atom is 0.260 e. The summed E-state index contributed by atoms with van der Waals surface area (Å²) in [5.74, 6) is 0.138. The first-order chi connectivity index (χ1) is 5.81. The molecule has 0 amide bonds. The quantitative estimate of drug-likeness (QED) is 0.600. The van der Waals surface area contributed by atoms with Crippen LogP contribution in [-0.2, 0) is 0 Å². The number of hydrogen-bond acceptors (Lipinski definition) is 3. The second kappa shape index (κ2) is 2.44. The summed E-state index contributed by atoms with van der Waals surface area (Å²) in [6.07, 6.45) is 0.611. The van der Waals surface area contributed by atoms with Crippen LogP contribution < -0.4 is 0 Å². The van der Waals surface area contributed by atoms with Crippen molar-refractivity contribution in [1.82, 2.24) is 4.98 Å². The summed E-state index contributed by atoms with van der Waals surface area (Å²) < 4.78 is 5.12. The molecule has 0 radical (unpaired) electrons. The molecule has 0 bridgehead atoms. The summed E-state index contributed by atoms with van der Waals surface area (Å²) in [6, 6.07) is 5.60. The molecule has 1 aromatic heterocycles. The molecule has 2 rings (SSSR count). The summed E-state index contributed by atoms with van der Waals surface area (Å²) in [6.45, 7) is 1.93. The number of aromatic nitrogens is 1. The van der Waals surface area contributed by atoms with Crippen LogP contribution in [0.1, 0.15) is 16.2 Å². The number of carbonyl (C=O) groups is 1. The number of aryl methyl sites for hydroxylation is 1. The standard InChI is InChI=1S/C9H7NO2/c1-6-3-2-4-7-9(6)10-8(5-11)12-7/h2-5H,1H3. The lowest BCUT2D eigenvalue weighted by Gasteiger charge is -1.88. The first kappa shape index (κ1) is 7.03. The third kappa shape index (κ3) is 0.906. The van der Waals surface area contributed by atoms with Gasteiger partial charge in [0.25, 0.3) is 5.89 Å². The van der Waals surface area contributed by atoms with Gasteiger partial charge in [-0.25, -0.2) is 4.98 Å². The Balaban J connectivity index is 2.82. The fourth-order valence-electron chi connectivity index (χ4n) is 1.15. The van der Waals surface area contributed by atoms with Crippen LogP contribution in [-0.4, -0.2) is 11.3 Å². The Bertz CT molecular complexity index is 431. The summed E-state index contributed by atoms with van der Waals surface area (Å²) in [5.41, 5.74) is 2.45. The number of aldehydes is 1. The molecule has 0 aliphatic rings. The van der Waals surface area contributed by atoms with E-state index in [4.69, 9.17) is 4.42 Å². The van der Waals surface area contributed by atoms with Gasteiger partial charge in [-0.1, -0.05) is 12.1 Å². The Morgan fingerprint density at radius 2 is 2.33 bits per heavy atom. The number of oxazole rings is 1. The van der Waals surface area contributed by atoms with E-state index >= 15 is 0 Å². The number of rotatable bonds is 1. The summed E-state index contributed by atoms with van der Waals surface area (Å²) >= 11 is 0. The van der Waals surface area contributed by atoms with E-state index in [-0.39, 0.29) is 5.89 Å². The van der Waals surface area contributed by atoms with Crippen molar-refractivity contribution in [2.45, 2.75) is 6.92 Å². The van der Waals surface area contributed by atoms with E-state index in [0.29, 0.717) is 11.9 Å². The molecule has 12 heavy (non-hydrogen) atoms. The van der Waals surface area contributed by atoms with Crippen molar-refractivity contribution in [3.8, 4) is 0 Å². The van der Waals surface area contributed by atoms with Crippen molar-refractivity contribution in [2.24, 2.45) is 0 Å². The fraction of sp³-hybridized carbons (Fsp3) is 0.111. The van der Waals surface area contributed by atoms with Gasteiger partial charge >= 0.3 is 0 Å². The van der Waals surface area contributed by atoms with E-state index in [1.807, 2.05) is 19.1 Å². The average Bonchev–Trinajstić information content (AvgIpc) is 2.49. The maximum absolute atomic E-state index is 10.3. The molecule has 60 valence electrons. The molecule has 0 unspecified atom stereocenters. The molecule has 0 spiro atoms. The maximum atomic E-state index is 10.3. The van der Waals surface area contributed by atoms with Gasteiger partial charge in [-0.05, 0) is 18.6 Å². The van der Waals surface area contributed by atoms with Crippen LogP contribution in [0.25, 0.3) is 11.1 Å². The zero-order chi connectivity index (χ0) is 8.55. The second-order valence-corrected chi connectivity index (χ2v) is 2.59. The Morgan fingerprint density at radius 1 is 1.50 bits per heavy atom. The molecule has 1 heterocycles. The number of nitrogens with zero attached hydrogens (tertiary/aromatic N) is 1. The minimum Gasteiger partial charge on any atom is -0.434 e. The van der Waals surface area contributed by atoms with Crippen LogP contribution in [0, 0.1) is 6.92 Å². The Kier molecular flexibility index (Phi) is 1.43. The van der Waals surface area contributed by atoms with Gasteiger partial charge in [0.05, 0.1) is 0 Å². The molecule has 0 aliphatic carbocycles. The highest BCUT2D eigenvalue weighted by Crippen LogP contribution is 2.17. The van der Waals surface area contributed by atoms with Crippen molar-refractivity contribution in [3.05, 3.63) is 29.7 Å². The van der Waals surface area contributed by atoms with E-state index in [1.165, 1.54) is 0 Å². The molecule has 0 saturated heterocycles. The molecule has 0 fully saturated rings. The van der Waals surface area contributed by atoms with Crippen LogP contribution in [0.3, 0.4) is 0 Å². The van der Waals surface area contributed by atoms with Gasteiger partial charge in [0.15, 0.2) is 5.58 Å². The Labute approximate surface area is 69.0 Å². The van der Waals surface area contributed by atoms with Crippen molar-refractivity contribution in [3.63, 3.8) is 0 Å². The summed E-state index contributed by atoms with van der Waals surface area (Å²) in [4.78, 5) is 14.3. The Morgan fingerprint density at radius 3 is 3.00 bits per heavy atom. The molecule has 3 heteroatoms. The lowest BCUT2D eigenvalue weighted by molar-refractivity contribution is 0.109. The van der Waals surface area contributed by atoms with E-state index < -0.39 is 0 Å². The first-order valence-corrected chi connectivity index (χ1v) is 3.62. The molecular formula is C9H7NO2. The highest BCUT2D eigenvalue weighted by atomic mass is 16.4. The van der Waals surface area contributed by atoms with Gasteiger partial charge in [-0.2, -0.15) is 0 Å². The van der Waals surface area contributed by atoms with Crippen molar-refractivity contribution < 1.29 is 9.21 Å². The van der Waals surface area contributed by atoms with E-state index in [2.05, 4.69) is 4.98 Å². The molecule has 0 aliphatic heterocycles. The lowest BCUT2D eigenvalue weighted by Crippen LogP contribution is -1.77. The van der Waals surface area contributed by atoms with Crippen LogP contribution in [0.4, 0.5) is 0 Å². The van der Waals surface area contributed by atoms with E-state index in [1.54, 1.807) is 6.07 Å². The molecule has 0 saturated carbocycles. The predicted molar refractivity (Wildman–Crippen MR) is 44.1 cm³/mol. The normalized spacial score (nSPS) is 10.4. The fourth-order valence-corrected chi connectivity index (χ4v) is 1.15. The van der Waals surface area contributed by atoms with Crippen molar-refractivity contribution in [1.29, 1.82) is 0 Å². The molecule has 1 aromatic carbocycles. The van der Waals surface area contributed by atoms with Crippen LogP contribution in [0.15, 0.2) is 22.6 Å². The zero-order valence-electron chi connectivity index (χ0n) is 6.57. The molecule has 0 N–H and O–H groups in total. The minimum atomic E-state index is 0.138. The zero-order valence-corrected chi connectivity index (χ0v) is 6.57. The predicted octanol–water partition coefficient (Wildman–Crippen LogP) is 1.95. The SMILES string of the molecule is Cc1cccc2oc(C=O)nc12. The number of para-hydroxylation sites is 1.